The Balaban J connectivity index is 1.53. The average molecular weight is 644 g/mol. The third kappa shape index (κ3) is 7.20. The van der Waals surface area contributed by atoms with Gasteiger partial charge in [-0.3, -0.25) is 4.79 Å². The molecule has 10 N–H and O–H groups in total. The monoisotopic (exact) mass is 643 g/mol. The van der Waals surface area contributed by atoms with Crippen LogP contribution in [-0.2, 0) is 38.0 Å². The van der Waals surface area contributed by atoms with Gasteiger partial charge in [-0.1, -0.05) is 0 Å². The molecule has 256 valence electrons. The normalized spacial score (nSPS) is 53.7. The zero-order chi connectivity index (χ0) is 32.8. The Morgan fingerprint density at radius 3 is 1.52 bits per heavy atom. The van der Waals surface area contributed by atoms with Crippen LogP contribution in [0, 0.1) is 0 Å². The van der Waals surface area contributed by atoms with Gasteiger partial charge in [0.1, 0.15) is 67.1 Å². The molecule has 0 aromatic rings. The summed E-state index contributed by atoms with van der Waals surface area (Å²) in [6, 6.07) is -1.21. The first-order valence-corrected chi connectivity index (χ1v) is 14.5. The van der Waals surface area contributed by atoms with Crippen LogP contribution >= 0.6 is 0 Å². The summed E-state index contributed by atoms with van der Waals surface area (Å²) in [5.74, 6) is -0.542. The molecule has 0 spiro atoms. The lowest BCUT2D eigenvalue weighted by atomic mass is 9.95. The summed E-state index contributed by atoms with van der Waals surface area (Å²) in [4.78, 5) is 11.7. The quantitative estimate of drug-likeness (QED) is 0.124. The molecule has 0 unspecified atom stereocenters. The van der Waals surface area contributed by atoms with E-state index in [0.29, 0.717) is 0 Å². The van der Waals surface area contributed by atoms with E-state index < -0.39 is 129 Å². The van der Waals surface area contributed by atoms with E-state index in [1.165, 1.54) is 34.6 Å². The number of rotatable bonds is 7. The molecule has 0 radical (unpaired) electrons. The fraction of sp³-hybridized carbons (Fsp3) is 0.962. The molecule has 4 rings (SSSR count). The van der Waals surface area contributed by atoms with Gasteiger partial charge >= 0.3 is 0 Å². The molecule has 0 aromatic heterocycles. The van der Waals surface area contributed by atoms with E-state index in [9.17, 15) is 50.8 Å². The lowest BCUT2D eigenvalue weighted by Gasteiger charge is -2.49. The van der Waals surface area contributed by atoms with E-state index in [4.69, 9.17) is 33.2 Å². The van der Waals surface area contributed by atoms with E-state index >= 15 is 0 Å². The highest BCUT2D eigenvalue weighted by Crippen LogP contribution is 2.34. The van der Waals surface area contributed by atoms with Crippen molar-refractivity contribution in [1.82, 2.24) is 5.32 Å². The summed E-state index contributed by atoms with van der Waals surface area (Å²) in [5, 5.41) is 97.9. The number of nitrogens with one attached hydrogen (secondary N) is 1. The Hall–Kier alpha value is -1.17. The summed E-state index contributed by atoms with van der Waals surface area (Å²) in [6.45, 7) is 6.94. The predicted molar refractivity (Wildman–Crippen MR) is 140 cm³/mol. The summed E-state index contributed by atoms with van der Waals surface area (Å²) >= 11 is 0. The average Bonchev–Trinajstić information content (AvgIpc) is 2.96. The van der Waals surface area contributed by atoms with Crippen LogP contribution in [0.4, 0.5) is 0 Å². The zero-order valence-electron chi connectivity index (χ0n) is 24.8. The molecule has 18 nitrogen and oxygen atoms in total. The SMILES string of the molecule is CC(=O)N[C@H]1[C@@H](O)[C@@H](C)O[C@H](O[C@@H]2[C@@H](O)[C@H](C)O[C@@H](O)[C@@H]2O[C@@H]2O[C@@H](C)[C@H](O)[C@@H](O[C@@H]3O[C@@H](C)[C@H](O)[C@@H](O)[C@H]3O)[C@H]2O)[C@@H]1O. The van der Waals surface area contributed by atoms with Crippen molar-refractivity contribution in [2.45, 2.75) is 157 Å². The van der Waals surface area contributed by atoms with Crippen LogP contribution in [-0.4, -0.2) is 175 Å². The highest BCUT2D eigenvalue weighted by atomic mass is 16.8. The summed E-state index contributed by atoms with van der Waals surface area (Å²) in [5.41, 5.74) is 0. The topological polar surface area (TPSA) is 276 Å². The predicted octanol–water partition coefficient (Wildman–Crippen LogP) is -5.49. The third-order valence-electron chi connectivity index (χ3n) is 8.45. The molecule has 4 aliphatic heterocycles. The number of amides is 1. The first-order chi connectivity index (χ1) is 20.5. The number of ether oxygens (including phenoxy) is 7. The van der Waals surface area contributed by atoms with Gasteiger partial charge in [0.2, 0.25) is 5.91 Å². The molecular formula is C26H45NO17. The van der Waals surface area contributed by atoms with Gasteiger partial charge in [0, 0.05) is 6.92 Å². The zero-order valence-corrected chi connectivity index (χ0v) is 24.8. The first-order valence-electron chi connectivity index (χ1n) is 14.5. The minimum absolute atomic E-state index is 0.542. The van der Waals surface area contributed by atoms with Crippen LogP contribution in [0.25, 0.3) is 0 Å². The number of aliphatic hydroxyl groups excluding tert-OH is 9. The fourth-order valence-electron chi connectivity index (χ4n) is 5.72. The lowest BCUT2D eigenvalue weighted by Crippen LogP contribution is -2.67. The Morgan fingerprint density at radius 2 is 0.932 bits per heavy atom. The van der Waals surface area contributed by atoms with Crippen LogP contribution in [0.2, 0.25) is 0 Å². The van der Waals surface area contributed by atoms with Crippen molar-refractivity contribution in [3.05, 3.63) is 0 Å². The van der Waals surface area contributed by atoms with Gasteiger partial charge in [-0.15, -0.1) is 0 Å². The van der Waals surface area contributed by atoms with E-state index in [1.807, 2.05) is 0 Å². The van der Waals surface area contributed by atoms with Crippen LogP contribution in [0.1, 0.15) is 34.6 Å². The number of hydrogen-bond acceptors (Lipinski definition) is 17. The molecule has 20 atom stereocenters. The Morgan fingerprint density at radius 1 is 0.500 bits per heavy atom. The van der Waals surface area contributed by atoms with Gasteiger partial charge < -0.3 is 84.4 Å². The minimum atomic E-state index is -1.82. The summed E-state index contributed by atoms with van der Waals surface area (Å²) in [7, 11) is 0. The molecule has 4 fully saturated rings. The van der Waals surface area contributed by atoms with Gasteiger partial charge in [-0.05, 0) is 27.7 Å². The fourth-order valence-corrected chi connectivity index (χ4v) is 5.72. The molecule has 4 heterocycles. The second kappa shape index (κ2) is 14.3. The van der Waals surface area contributed by atoms with Gasteiger partial charge in [-0.2, -0.15) is 0 Å². The highest BCUT2D eigenvalue weighted by Gasteiger charge is 2.54. The van der Waals surface area contributed by atoms with Gasteiger partial charge in [0.15, 0.2) is 25.2 Å². The highest BCUT2D eigenvalue weighted by molar-refractivity contribution is 5.73. The molecule has 1 amide bonds. The molecule has 4 saturated heterocycles. The maximum atomic E-state index is 11.7. The number of hydrogen-bond donors (Lipinski definition) is 10. The maximum Gasteiger partial charge on any atom is 0.217 e. The van der Waals surface area contributed by atoms with Crippen molar-refractivity contribution in [3.63, 3.8) is 0 Å². The summed E-state index contributed by atoms with van der Waals surface area (Å²) in [6.07, 6.45) is -27.8. The molecule has 44 heavy (non-hydrogen) atoms. The van der Waals surface area contributed by atoms with Crippen molar-refractivity contribution in [3.8, 4) is 0 Å². The molecule has 4 aliphatic rings. The Bertz CT molecular complexity index is 964. The van der Waals surface area contributed by atoms with Gasteiger partial charge in [-0.25, -0.2) is 0 Å². The van der Waals surface area contributed by atoms with Crippen LogP contribution in [0.3, 0.4) is 0 Å². The Kier molecular flexibility index (Phi) is 11.6. The number of carbonyl (C=O) groups is 1. The van der Waals surface area contributed by atoms with Crippen LogP contribution < -0.4 is 5.32 Å². The van der Waals surface area contributed by atoms with E-state index in [0.717, 1.165) is 0 Å². The molecule has 18 heteroatoms. The van der Waals surface area contributed by atoms with Gasteiger partial charge in [0.05, 0.1) is 30.5 Å². The molecule has 0 bridgehead atoms. The molecule has 0 aromatic carbocycles. The van der Waals surface area contributed by atoms with Crippen molar-refractivity contribution in [2.24, 2.45) is 0 Å². The first kappa shape index (κ1) is 35.7. The molecule has 0 aliphatic carbocycles. The van der Waals surface area contributed by atoms with E-state index in [2.05, 4.69) is 5.32 Å². The smallest absolute Gasteiger partial charge is 0.217 e. The van der Waals surface area contributed by atoms with E-state index in [-0.39, 0.29) is 0 Å². The third-order valence-corrected chi connectivity index (χ3v) is 8.45. The second-order valence-electron chi connectivity index (χ2n) is 11.8. The summed E-state index contributed by atoms with van der Waals surface area (Å²) < 4.78 is 39.4. The maximum absolute atomic E-state index is 11.7. The van der Waals surface area contributed by atoms with E-state index in [1.54, 1.807) is 0 Å². The van der Waals surface area contributed by atoms with Crippen molar-refractivity contribution in [1.29, 1.82) is 0 Å². The van der Waals surface area contributed by atoms with Gasteiger partial charge in [0.25, 0.3) is 0 Å². The molecule has 0 saturated carbocycles. The number of carbonyl (C=O) groups excluding carboxylic acids is 1. The largest absolute Gasteiger partial charge is 0.388 e. The lowest BCUT2D eigenvalue weighted by molar-refractivity contribution is -0.390. The second-order valence-corrected chi connectivity index (χ2v) is 11.8. The molecular weight excluding hydrogens is 598 g/mol. The van der Waals surface area contributed by atoms with Crippen LogP contribution in [0.15, 0.2) is 0 Å². The number of aliphatic hydroxyl groups is 9. The minimum Gasteiger partial charge on any atom is -0.388 e. The van der Waals surface area contributed by atoms with Crippen molar-refractivity contribution < 1.29 is 83.9 Å². The Labute approximate surface area is 252 Å². The van der Waals surface area contributed by atoms with Crippen molar-refractivity contribution >= 4 is 5.91 Å². The van der Waals surface area contributed by atoms with Crippen LogP contribution in [0.5, 0.6) is 0 Å². The van der Waals surface area contributed by atoms with Crippen molar-refractivity contribution in [2.75, 3.05) is 0 Å². The standard InChI is InChI=1S/C26H45NO17/c1-6-12(29)11(27-10(5)28)16(33)24(39-6)43-21-15(32)8(3)38-23(37)22(21)44-26-19(36)20(14(31)9(4)41-26)42-25-18(35)17(34)13(30)7(2)40-25/h6-9,11-26,29-37H,1-5H3,(H,27,28)/t6-,7+,8+,9+,11+,12+,13+,14+,15+,16-,17-,18-,19-,20-,21-,22-,23-,24-,25+,26+/m1/s1.